The number of nitrogens with zero attached hydrogens (tertiary/aromatic N) is 1. The maximum atomic E-state index is 5.82. The van der Waals surface area contributed by atoms with Crippen molar-refractivity contribution in [2.75, 3.05) is 32.1 Å². The van der Waals surface area contributed by atoms with Crippen LogP contribution in [-0.2, 0) is 4.74 Å². The zero-order chi connectivity index (χ0) is 17.4. The summed E-state index contributed by atoms with van der Waals surface area (Å²) in [5.41, 5.74) is 1.07. The van der Waals surface area contributed by atoms with E-state index < -0.39 is 0 Å². The van der Waals surface area contributed by atoms with Crippen molar-refractivity contribution in [1.29, 1.82) is 0 Å². The SMILES string of the molecule is CN=C(NCC(Nc1ccccc1)C(C)C)NCC1(C)CCCO1.I. The number of aliphatic imine (C=N–C) groups is 1. The van der Waals surface area contributed by atoms with Gasteiger partial charge in [0.2, 0.25) is 0 Å². The first-order valence-electron chi connectivity index (χ1n) is 8.92. The number of hydrogen-bond acceptors (Lipinski definition) is 3. The molecule has 0 aromatic heterocycles. The molecule has 1 aliphatic rings. The fourth-order valence-corrected chi connectivity index (χ4v) is 2.88. The lowest BCUT2D eigenvalue weighted by Crippen LogP contribution is -2.48. The molecule has 142 valence electrons. The van der Waals surface area contributed by atoms with Crippen LogP contribution in [-0.4, -0.2) is 44.3 Å². The minimum atomic E-state index is -0.0721. The van der Waals surface area contributed by atoms with Crippen LogP contribution in [0.5, 0.6) is 0 Å². The van der Waals surface area contributed by atoms with Crippen molar-refractivity contribution in [3.63, 3.8) is 0 Å². The zero-order valence-electron chi connectivity index (χ0n) is 15.8. The highest BCUT2D eigenvalue weighted by atomic mass is 127. The minimum absolute atomic E-state index is 0. The summed E-state index contributed by atoms with van der Waals surface area (Å²) in [5.74, 6) is 1.33. The first-order chi connectivity index (χ1) is 11.5. The van der Waals surface area contributed by atoms with Gasteiger partial charge in [0.05, 0.1) is 5.60 Å². The number of ether oxygens (including phenoxy) is 1. The molecule has 0 spiro atoms. The molecule has 3 N–H and O–H groups in total. The predicted molar refractivity (Wildman–Crippen MR) is 117 cm³/mol. The van der Waals surface area contributed by atoms with Crippen LogP contribution >= 0.6 is 24.0 Å². The Kier molecular flexibility index (Phi) is 9.56. The molecular formula is C19H33IN4O. The molecule has 0 saturated carbocycles. The summed E-state index contributed by atoms with van der Waals surface area (Å²) >= 11 is 0. The number of hydrogen-bond donors (Lipinski definition) is 3. The molecule has 0 bridgehead atoms. The second kappa shape index (κ2) is 10.9. The van der Waals surface area contributed by atoms with Crippen molar-refractivity contribution in [2.45, 2.75) is 45.3 Å². The molecule has 2 unspecified atom stereocenters. The van der Waals surface area contributed by atoms with Crippen LogP contribution in [0.4, 0.5) is 5.69 Å². The summed E-state index contributed by atoms with van der Waals surface area (Å²) in [4.78, 5) is 4.33. The van der Waals surface area contributed by atoms with Gasteiger partial charge in [0.15, 0.2) is 5.96 Å². The molecule has 1 aromatic rings. The fraction of sp³-hybridized carbons (Fsp3) is 0.632. The molecule has 1 aliphatic heterocycles. The third kappa shape index (κ3) is 7.40. The average molecular weight is 460 g/mol. The van der Waals surface area contributed by atoms with Crippen LogP contribution in [0.15, 0.2) is 35.3 Å². The molecule has 6 heteroatoms. The van der Waals surface area contributed by atoms with E-state index in [-0.39, 0.29) is 29.6 Å². The molecule has 1 saturated heterocycles. The van der Waals surface area contributed by atoms with Crippen LogP contribution < -0.4 is 16.0 Å². The molecule has 2 rings (SSSR count). The first kappa shape index (κ1) is 22.0. The molecule has 1 heterocycles. The maximum absolute atomic E-state index is 5.82. The molecule has 1 aromatic carbocycles. The third-order valence-electron chi connectivity index (χ3n) is 4.57. The highest BCUT2D eigenvalue weighted by Crippen LogP contribution is 2.23. The lowest BCUT2D eigenvalue weighted by atomic mass is 10.0. The van der Waals surface area contributed by atoms with E-state index in [1.54, 1.807) is 0 Å². The summed E-state index contributed by atoms with van der Waals surface area (Å²) in [6.45, 7) is 9.07. The van der Waals surface area contributed by atoms with Gasteiger partial charge >= 0.3 is 0 Å². The molecule has 0 aliphatic carbocycles. The van der Waals surface area contributed by atoms with Gasteiger partial charge in [-0.15, -0.1) is 24.0 Å². The van der Waals surface area contributed by atoms with Crippen molar-refractivity contribution >= 4 is 35.6 Å². The third-order valence-corrected chi connectivity index (χ3v) is 4.57. The Morgan fingerprint density at radius 2 is 1.96 bits per heavy atom. The molecule has 0 radical (unpaired) electrons. The molecule has 25 heavy (non-hydrogen) atoms. The van der Waals surface area contributed by atoms with E-state index >= 15 is 0 Å². The Bertz CT molecular complexity index is 515. The number of anilines is 1. The Morgan fingerprint density at radius 3 is 2.52 bits per heavy atom. The topological polar surface area (TPSA) is 57.7 Å². The summed E-state index contributed by atoms with van der Waals surface area (Å²) in [6, 6.07) is 10.7. The Hall–Kier alpha value is -1.02. The van der Waals surface area contributed by atoms with E-state index in [4.69, 9.17) is 4.74 Å². The lowest BCUT2D eigenvalue weighted by molar-refractivity contribution is 0.0243. The summed E-state index contributed by atoms with van der Waals surface area (Å²) in [7, 11) is 1.81. The van der Waals surface area contributed by atoms with E-state index in [0.29, 0.717) is 12.0 Å². The van der Waals surface area contributed by atoms with Crippen LogP contribution in [0.1, 0.15) is 33.6 Å². The van der Waals surface area contributed by atoms with Crippen molar-refractivity contribution in [3.05, 3.63) is 30.3 Å². The van der Waals surface area contributed by atoms with E-state index in [9.17, 15) is 0 Å². The normalized spacial score (nSPS) is 21.6. The van der Waals surface area contributed by atoms with Crippen molar-refractivity contribution in [1.82, 2.24) is 10.6 Å². The highest BCUT2D eigenvalue weighted by molar-refractivity contribution is 14.0. The Morgan fingerprint density at radius 1 is 1.24 bits per heavy atom. The van der Waals surface area contributed by atoms with Gasteiger partial charge < -0.3 is 20.7 Å². The van der Waals surface area contributed by atoms with Gasteiger partial charge in [0.25, 0.3) is 0 Å². The highest BCUT2D eigenvalue weighted by Gasteiger charge is 2.29. The quantitative estimate of drug-likeness (QED) is 0.332. The summed E-state index contributed by atoms with van der Waals surface area (Å²) in [5, 5.41) is 10.4. The van der Waals surface area contributed by atoms with Crippen LogP contribution in [0.3, 0.4) is 0 Å². The van der Waals surface area contributed by atoms with E-state index in [0.717, 1.165) is 44.2 Å². The van der Waals surface area contributed by atoms with Crippen molar-refractivity contribution in [3.8, 4) is 0 Å². The number of guanidine groups is 1. The van der Waals surface area contributed by atoms with Gasteiger partial charge in [-0.05, 0) is 37.8 Å². The number of halogens is 1. The van der Waals surface area contributed by atoms with Gasteiger partial charge in [0.1, 0.15) is 0 Å². The molecule has 0 amide bonds. The van der Waals surface area contributed by atoms with Crippen LogP contribution in [0, 0.1) is 5.92 Å². The van der Waals surface area contributed by atoms with E-state index in [1.807, 2.05) is 13.1 Å². The van der Waals surface area contributed by atoms with Gasteiger partial charge in [-0.2, -0.15) is 0 Å². The number of benzene rings is 1. The second-order valence-corrected chi connectivity index (χ2v) is 7.07. The zero-order valence-corrected chi connectivity index (χ0v) is 18.2. The predicted octanol–water partition coefficient (Wildman–Crippen LogP) is 3.48. The van der Waals surface area contributed by atoms with Gasteiger partial charge in [-0.1, -0.05) is 32.0 Å². The molecule has 2 atom stereocenters. The van der Waals surface area contributed by atoms with Crippen molar-refractivity contribution in [2.24, 2.45) is 10.9 Å². The number of rotatable bonds is 7. The van der Waals surface area contributed by atoms with Crippen LogP contribution in [0.2, 0.25) is 0 Å². The lowest BCUT2D eigenvalue weighted by Gasteiger charge is -2.27. The summed E-state index contributed by atoms with van der Waals surface area (Å²) in [6.07, 6.45) is 2.24. The monoisotopic (exact) mass is 460 g/mol. The Balaban J connectivity index is 0.00000312. The Labute approximate surface area is 169 Å². The van der Waals surface area contributed by atoms with Gasteiger partial charge in [-0.3, -0.25) is 4.99 Å². The standard InChI is InChI=1S/C19H32N4O.HI/c1-15(2)17(23-16-9-6-5-7-10-16)13-21-18(20-4)22-14-19(3)11-8-12-24-19;/h5-7,9-10,15,17,23H,8,11-14H2,1-4H3,(H2,20,21,22);1H. The fourth-order valence-electron chi connectivity index (χ4n) is 2.88. The minimum Gasteiger partial charge on any atom is -0.380 e. The number of para-hydroxylation sites is 1. The average Bonchev–Trinajstić information content (AvgIpc) is 3.01. The van der Waals surface area contributed by atoms with Crippen molar-refractivity contribution < 1.29 is 4.74 Å². The molecule has 5 nitrogen and oxygen atoms in total. The smallest absolute Gasteiger partial charge is 0.191 e. The van der Waals surface area contributed by atoms with Gasteiger partial charge in [0, 0.05) is 38.5 Å². The second-order valence-electron chi connectivity index (χ2n) is 7.07. The summed E-state index contributed by atoms with van der Waals surface area (Å²) < 4.78 is 5.82. The maximum Gasteiger partial charge on any atom is 0.191 e. The van der Waals surface area contributed by atoms with Gasteiger partial charge in [-0.25, -0.2) is 0 Å². The molecule has 1 fully saturated rings. The van der Waals surface area contributed by atoms with E-state index in [1.165, 1.54) is 0 Å². The van der Waals surface area contributed by atoms with E-state index in [2.05, 4.69) is 66.0 Å². The van der Waals surface area contributed by atoms with Crippen LogP contribution in [0.25, 0.3) is 0 Å². The molecular weight excluding hydrogens is 427 g/mol. The number of nitrogens with one attached hydrogen (secondary N) is 3. The first-order valence-corrected chi connectivity index (χ1v) is 8.92. The largest absolute Gasteiger partial charge is 0.380 e.